The topological polar surface area (TPSA) is 50.7 Å². The van der Waals surface area contributed by atoms with Crippen LogP contribution in [0.3, 0.4) is 0 Å². The van der Waals surface area contributed by atoms with E-state index in [0.717, 1.165) is 13.6 Å². The first kappa shape index (κ1) is 16.0. The molecule has 0 unspecified atom stereocenters. The first-order valence-electron chi connectivity index (χ1n) is 6.02. The number of amides is 1. The summed E-state index contributed by atoms with van der Waals surface area (Å²) in [6.45, 7) is 0. The summed E-state index contributed by atoms with van der Waals surface area (Å²) in [6, 6.07) is 13.0. The van der Waals surface area contributed by atoms with E-state index in [-0.39, 0.29) is 5.91 Å². The SMILES string of the molecule is COc1ccc(Br)cc1C(=O)N/N=C\c1ccc(I)cc1. The first-order valence-corrected chi connectivity index (χ1v) is 7.90. The Kier molecular flexibility index (Phi) is 5.75. The van der Waals surface area contributed by atoms with Crippen LogP contribution in [0.5, 0.6) is 5.75 Å². The molecular weight excluding hydrogens is 447 g/mol. The Labute approximate surface area is 144 Å². The van der Waals surface area contributed by atoms with Gasteiger partial charge in [-0.05, 0) is 58.5 Å². The highest BCUT2D eigenvalue weighted by molar-refractivity contribution is 14.1. The maximum Gasteiger partial charge on any atom is 0.275 e. The number of hydrogen-bond acceptors (Lipinski definition) is 3. The standard InChI is InChI=1S/C15H12BrIN2O2/c1-21-14-7-4-11(16)8-13(14)15(20)19-18-9-10-2-5-12(17)6-3-10/h2-9H,1H3,(H,19,20)/b18-9-. The van der Waals surface area contributed by atoms with Crippen LogP contribution in [0.25, 0.3) is 0 Å². The number of hydrogen-bond donors (Lipinski definition) is 1. The number of methoxy groups -OCH3 is 1. The average Bonchev–Trinajstić information content (AvgIpc) is 2.49. The molecule has 0 aliphatic heterocycles. The third-order valence-electron chi connectivity index (χ3n) is 2.66. The number of carbonyl (C=O) groups excluding carboxylic acids is 1. The monoisotopic (exact) mass is 458 g/mol. The van der Waals surface area contributed by atoms with E-state index < -0.39 is 0 Å². The summed E-state index contributed by atoms with van der Waals surface area (Å²) in [6.07, 6.45) is 1.60. The maximum absolute atomic E-state index is 12.1. The summed E-state index contributed by atoms with van der Waals surface area (Å²) in [7, 11) is 1.52. The van der Waals surface area contributed by atoms with Gasteiger partial charge in [0.05, 0.1) is 18.9 Å². The van der Waals surface area contributed by atoms with Gasteiger partial charge in [-0.3, -0.25) is 4.79 Å². The second-order valence-electron chi connectivity index (χ2n) is 4.10. The third kappa shape index (κ3) is 4.53. The average molecular weight is 459 g/mol. The van der Waals surface area contributed by atoms with E-state index in [4.69, 9.17) is 4.74 Å². The summed E-state index contributed by atoms with van der Waals surface area (Å²) in [5.41, 5.74) is 3.83. The minimum Gasteiger partial charge on any atom is -0.496 e. The van der Waals surface area contributed by atoms with Crippen LogP contribution in [0.2, 0.25) is 0 Å². The summed E-state index contributed by atoms with van der Waals surface area (Å²) in [4.78, 5) is 12.1. The van der Waals surface area contributed by atoms with Crippen molar-refractivity contribution in [1.82, 2.24) is 5.43 Å². The van der Waals surface area contributed by atoms with Crippen LogP contribution in [-0.2, 0) is 0 Å². The fraction of sp³-hybridized carbons (Fsp3) is 0.0667. The normalized spacial score (nSPS) is 10.6. The first-order chi connectivity index (χ1) is 10.1. The number of nitrogens with zero attached hydrogens (tertiary/aromatic N) is 1. The Morgan fingerprint density at radius 3 is 2.67 bits per heavy atom. The zero-order valence-corrected chi connectivity index (χ0v) is 14.9. The van der Waals surface area contributed by atoms with Gasteiger partial charge in [-0.15, -0.1) is 0 Å². The van der Waals surface area contributed by atoms with Crippen LogP contribution >= 0.6 is 38.5 Å². The molecule has 6 heteroatoms. The summed E-state index contributed by atoms with van der Waals surface area (Å²) in [5.74, 6) is 0.176. The highest BCUT2D eigenvalue weighted by Gasteiger charge is 2.11. The molecule has 0 aliphatic rings. The molecule has 0 aromatic heterocycles. The molecule has 2 rings (SSSR count). The molecule has 0 saturated carbocycles. The van der Waals surface area contributed by atoms with E-state index >= 15 is 0 Å². The number of nitrogens with one attached hydrogen (secondary N) is 1. The lowest BCUT2D eigenvalue weighted by Crippen LogP contribution is -2.18. The second kappa shape index (κ2) is 7.56. The fourth-order valence-electron chi connectivity index (χ4n) is 1.63. The van der Waals surface area contributed by atoms with Crippen LogP contribution in [-0.4, -0.2) is 19.2 Å². The van der Waals surface area contributed by atoms with Gasteiger partial charge in [0.25, 0.3) is 5.91 Å². The molecule has 108 valence electrons. The van der Waals surface area contributed by atoms with Gasteiger partial charge < -0.3 is 4.74 Å². The molecule has 4 nitrogen and oxygen atoms in total. The Balaban J connectivity index is 2.08. The van der Waals surface area contributed by atoms with Crippen molar-refractivity contribution in [3.8, 4) is 5.75 Å². The Morgan fingerprint density at radius 2 is 2.00 bits per heavy atom. The molecule has 1 N–H and O–H groups in total. The van der Waals surface area contributed by atoms with Crippen LogP contribution in [0.1, 0.15) is 15.9 Å². The van der Waals surface area contributed by atoms with Crippen LogP contribution < -0.4 is 10.2 Å². The van der Waals surface area contributed by atoms with Gasteiger partial charge in [-0.1, -0.05) is 28.1 Å². The van der Waals surface area contributed by atoms with Crippen molar-refractivity contribution >= 4 is 50.6 Å². The second-order valence-corrected chi connectivity index (χ2v) is 6.26. The highest BCUT2D eigenvalue weighted by Crippen LogP contribution is 2.22. The molecule has 21 heavy (non-hydrogen) atoms. The van der Waals surface area contributed by atoms with E-state index in [1.165, 1.54) is 7.11 Å². The molecule has 0 atom stereocenters. The summed E-state index contributed by atoms with van der Waals surface area (Å²) >= 11 is 5.56. The molecule has 0 aliphatic carbocycles. The number of ether oxygens (including phenoxy) is 1. The number of benzene rings is 2. The molecule has 0 spiro atoms. The molecule has 0 bridgehead atoms. The zero-order valence-electron chi connectivity index (χ0n) is 11.1. The van der Waals surface area contributed by atoms with Gasteiger partial charge in [0.1, 0.15) is 5.75 Å². The van der Waals surface area contributed by atoms with E-state index in [2.05, 4.69) is 49.0 Å². The molecule has 2 aromatic rings. The van der Waals surface area contributed by atoms with Crippen molar-refractivity contribution in [1.29, 1.82) is 0 Å². The number of rotatable bonds is 4. The van der Waals surface area contributed by atoms with E-state index in [9.17, 15) is 4.79 Å². The van der Waals surface area contributed by atoms with Crippen LogP contribution in [0.15, 0.2) is 52.0 Å². The minimum atomic E-state index is -0.324. The van der Waals surface area contributed by atoms with E-state index in [1.54, 1.807) is 18.3 Å². The van der Waals surface area contributed by atoms with Crippen LogP contribution in [0.4, 0.5) is 0 Å². The molecular formula is C15H12BrIN2O2. The lowest BCUT2D eigenvalue weighted by Gasteiger charge is -2.07. The van der Waals surface area contributed by atoms with Crippen molar-refractivity contribution in [3.63, 3.8) is 0 Å². The fourth-order valence-corrected chi connectivity index (χ4v) is 2.35. The predicted octanol–water partition coefficient (Wildman–Crippen LogP) is 3.83. The number of hydrazone groups is 1. The van der Waals surface area contributed by atoms with Crippen molar-refractivity contribution in [2.75, 3.05) is 7.11 Å². The summed E-state index contributed by atoms with van der Waals surface area (Å²) < 4.78 is 7.11. The smallest absolute Gasteiger partial charge is 0.275 e. The Hall–Kier alpha value is -1.41. The lowest BCUT2D eigenvalue weighted by molar-refractivity contribution is 0.0952. The maximum atomic E-state index is 12.1. The van der Waals surface area contributed by atoms with Crippen molar-refractivity contribution in [2.24, 2.45) is 5.10 Å². The van der Waals surface area contributed by atoms with Gasteiger partial charge in [-0.25, -0.2) is 5.43 Å². The molecule has 0 heterocycles. The van der Waals surface area contributed by atoms with Crippen molar-refractivity contribution < 1.29 is 9.53 Å². The Morgan fingerprint density at radius 1 is 1.29 bits per heavy atom. The van der Waals surface area contributed by atoms with E-state index in [0.29, 0.717) is 11.3 Å². The van der Waals surface area contributed by atoms with Gasteiger partial charge in [0, 0.05) is 8.04 Å². The quantitative estimate of drug-likeness (QED) is 0.430. The molecule has 0 fully saturated rings. The molecule has 0 radical (unpaired) electrons. The molecule has 2 aromatic carbocycles. The number of carbonyl (C=O) groups is 1. The Bertz CT molecular complexity index is 672. The van der Waals surface area contributed by atoms with Gasteiger partial charge in [0.15, 0.2) is 0 Å². The highest BCUT2D eigenvalue weighted by atomic mass is 127. The number of halogens is 2. The summed E-state index contributed by atoms with van der Waals surface area (Å²) in [5, 5.41) is 3.95. The minimum absolute atomic E-state index is 0.324. The van der Waals surface area contributed by atoms with E-state index in [1.807, 2.05) is 30.3 Å². The van der Waals surface area contributed by atoms with Crippen LogP contribution in [0, 0.1) is 3.57 Å². The molecule has 0 saturated heterocycles. The van der Waals surface area contributed by atoms with Crippen molar-refractivity contribution in [3.05, 3.63) is 61.6 Å². The zero-order chi connectivity index (χ0) is 15.2. The van der Waals surface area contributed by atoms with Gasteiger partial charge >= 0.3 is 0 Å². The van der Waals surface area contributed by atoms with Gasteiger partial charge in [0.2, 0.25) is 0 Å². The van der Waals surface area contributed by atoms with Crippen molar-refractivity contribution in [2.45, 2.75) is 0 Å². The molecule has 1 amide bonds. The van der Waals surface area contributed by atoms with Gasteiger partial charge in [-0.2, -0.15) is 5.10 Å². The largest absolute Gasteiger partial charge is 0.496 e. The lowest BCUT2D eigenvalue weighted by atomic mass is 10.2. The third-order valence-corrected chi connectivity index (χ3v) is 3.87. The predicted molar refractivity (Wildman–Crippen MR) is 94.9 cm³/mol.